The third-order valence-electron chi connectivity index (χ3n) is 5.99. The molecule has 0 amide bonds. The number of aromatic hydroxyl groups is 1. The lowest BCUT2D eigenvalue weighted by Gasteiger charge is -2.32. The minimum Gasteiger partial charge on any atom is -0.505 e. The molecule has 0 unspecified atom stereocenters. The van der Waals surface area contributed by atoms with Crippen LogP contribution in [0.1, 0.15) is 25.3 Å². The van der Waals surface area contributed by atoms with Gasteiger partial charge in [0.25, 0.3) is 0 Å². The van der Waals surface area contributed by atoms with Crippen LogP contribution in [0.15, 0.2) is 65.3 Å². The van der Waals surface area contributed by atoms with Gasteiger partial charge < -0.3 is 19.5 Å². The molecular weight excluding hydrogens is 446 g/mol. The summed E-state index contributed by atoms with van der Waals surface area (Å²) in [6.07, 6.45) is 2.30. The zero-order chi connectivity index (χ0) is 23.6. The number of benzene rings is 2. The number of ether oxygens (including phenoxy) is 1. The molecular formula is C24H26BFO6S. The van der Waals surface area contributed by atoms with Crippen LogP contribution in [-0.4, -0.2) is 49.4 Å². The van der Waals surface area contributed by atoms with E-state index in [-0.39, 0.29) is 18.7 Å². The molecule has 9 heteroatoms. The predicted octanol–water partition coefficient (Wildman–Crippen LogP) is 3.77. The lowest BCUT2D eigenvalue weighted by Crippen LogP contribution is -2.42. The topological polar surface area (TPSA) is 93.1 Å². The predicted molar refractivity (Wildman–Crippen MR) is 125 cm³/mol. The Morgan fingerprint density at radius 3 is 2.76 bits per heavy atom. The van der Waals surface area contributed by atoms with Crippen molar-refractivity contribution in [2.75, 3.05) is 12.4 Å². The molecule has 0 saturated carbocycles. The number of sulfone groups is 1. The van der Waals surface area contributed by atoms with Gasteiger partial charge in [-0.15, -0.1) is 0 Å². The third kappa shape index (κ3) is 5.48. The summed E-state index contributed by atoms with van der Waals surface area (Å²) < 4.78 is 50.8. The summed E-state index contributed by atoms with van der Waals surface area (Å²) in [6.45, 7) is 2.04. The second kappa shape index (κ2) is 9.71. The first-order valence-corrected chi connectivity index (χ1v) is 12.5. The van der Waals surface area contributed by atoms with Crippen LogP contribution in [0.4, 0.5) is 4.39 Å². The Balaban J connectivity index is 1.52. The first-order chi connectivity index (χ1) is 15.7. The zero-order valence-electron chi connectivity index (χ0n) is 18.3. The molecule has 2 N–H and O–H groups in total. The van der Waals surface area contributed by atoms with E-state index >= 15 is 0 Å². The molecule has 0 aromatic heterocycles. The van der Waals surface area contributed by atoms with Crippen molar-refractivity contribution in [3.63, 3.8) is 0 Å². The number of allylic oxidation sites excluding steroid dienone is 1. The molecule has 1 fully saturated rings. The number of hydrogen-bond donors (Lipinski definition) is 2. The molecule has 0 bridgehead atoms. The average molecular weight is 472 g/mol. The van der Waals surface area contributed by atoms with Crippen LogP contribution < -0.4 is 4.74 Å². The maximum absolute atomic E-state index is 13.6. The molecule has 0 radical (unpaired) electrons. The number of phenols is 1. The highest BCUT2D eigenvalue weighted by Gasteiger charge is 2.48. The maximum atomic E-state index is 13.6. The third-order valence-corrected chi connectivity index (χ3v) is 8.05. The number of fused-ring (bicyclic) bond motifs is 1. The van der Waals surface area contributed by atoms with Crippen LogP contribution in [0.25, 0.3) is 6.08 Å². The highest BCUT2D eigenvalue weighted by molar-refractivity contribution is 7.92. The molecule has 174 valence electrons. The second-order valence-corrected chi connectivity index (χ2v) is 10.7. The summed E-state index contributed by atoms with van der Waals surface area (Å²) in [5.74, 6) is -0.546. The van der Waals surface area contributed by atoms with E-state index in [4.69, 9.17) is 9.39 Å². The molecule has 1 saturated heterocycles. The van der Waals surface area contributed by atoms with Crippen molar-refractivity contribution in [2.45, 2.75) is 37.4 Å². The SMILES string of the molecule is C/C(=C\c1ccc(O)c(F)c1)CC[C@H]1OB(O)C[C@H]2C1=C(COc1ccccc1)CS2(=O)=O. The van der Waals surface area contributed by atoms with Crippen molar-refractivity contribution < 1.29 is 32.3 Å². The van der Waals surface area contributed by atoms with Crippen LogP contribution in [0.5, 0.6) is 11.5 Å². The smallest absolute Gasteiger partial charge is 0.456 e. The summed E-state index contributed by atoms with van der Waals surface area (Å²) in [7, 11) is -4.59. The van der Waals surface area contributed by atoms with E-state index in [0.717, 1.165) is 5.57 Å². The first kappa shape index (κ1) is 23.5. The number of para-hydroxylation sites is 1. The van der Waals surface area contributed by atoms with Crippen LogP contribution >= 0.6 is 0 Å². The molecule has 2 aromatic rings. The molecule has 2 heterocycles. The number of halogens is 1. The lowest BCUT2D eigenvalue weighted by atomic mass is 9.74. The Bertz CT molecular complexity index is 1180. The number of hydrogen-bond acceptors (Lipinski definition) is 6. The summed E-state index contributed by atoms with van der Waals surface area (Å²) >= 11 is 0. The average Bonchev–Trinajstić information content (AvgIpc) is 3.04. The highest BCUT2D eigenvalue weighted by atomic mass is 32.2. The normalized spacial score (nSPS) is 22.4. The summed E-state index contributed by atoms with van der Waals surface area (Å²) in [4.78, 5) is 0. The quantitative estimate of drug-likeness (QED) is 0.471. The van der Waals surface area contributed by atoms with E-state index < -0.39 is 39.9 Å². The van der Waals surface area contributed by atoms with Gasteiger partial charge in [-0.05, 0) is 60.7 Å². The van der Waals surface area contributed by atoms with Crippen LogP contribution in [-0.2, 0) is 14.5 Å². The Morgan fingerprint density at radius 2 is 2.03 bits per heavy atom. The lowest BCUT2D eigenvalue weighted by molar-refractivity contribution is 0.168. The minimum absolute atomic E-state index is 0.0185. The molecule has 2 atom stereocenters. The van der Waals surface area contributed by atoms with Gasteiger partial charge in [0.15, 0.2) is 21.4 Å². The summed E-state index contributed by atoms with van der Waals surface area (Å²) in [6, 6.07) is 13.4. The fourth-order valence-electron chi connectivity index (χ4n) is 4.42. The van der Waals surface area contributed by atoms with E-state index in [1.807, 2.05) is 37.3 Å². The molecule has 33 heavy (non-hydrogen) atoms. The van der Waals surface area contributed by atoms with Crippen LogP contribution in [0.3, 0.4) is 0 Å². The van der Waals surface area contributed by atoms with E-state index in [1.165, 1.54) is 12.1 Å². The fraction of sp³-hybridized carbons (Fsp3) is 0.333. The zero-order valence-corrected chi connectivity index (χ0v) is 19.1. The largest absolute Gasteiger partial charge is 0.505 e. The molecule has 6 nitrogen and oxygen atoms in total. The second-order valence-electron chi connectivity index (χ2n) is 8.51. The number of rotatable bonds is 7. The van der Waals surface area contributed by atoms with Crippen molar-refractivity contribution in [3.8, 4) is 11.5 Å². The van der Waals surface area contributed by atoms with Gasteiger partial charge in [0.1, 0.15) is 12.4 Å². The molecule has 0 aliphatic carbocycles. The Morgan fingerprint density at radius 1 is 1.27 bits per heavy atom. The van der Waals surface area contributed by atoms with Gasteiger partial charge in [0.05, 0.1) is 17.1 Å². The number of phenolic OH excluding ortho intramolecular Hbond substituents is 1. The Kier molecular flexibility index (Phi) is 6.92. The van der Waals surface area contributed by atoms with Gasteiger partial charge in [-0.3, -0.25) is 0 Å². The fourth-order valence-corrected chi connectivity index (χ4v) is 6.52. The maximum Gasteiger partial charge on any atom is 0.456 e. The van der Waals surface area contributed by atoms with Gasteiger partial charge in [0, 0.05) is 6.32 Å². The summed E-state index contributed by atoms with van der Waals surface area (Å²) in [5.41, 5.74) is 2.93. The highest BCUT2D eigenvalue weighted by Crippen LogP contribution is 2.39. The molecule has 4 rings (SSSR count). The molecule has 2 aliphatic rings. The van der Waals surface area contributed by atoms with Gasteiger partial charge in [-0.2, -0.15) is 0 Å². The van der Waals surface area contributed by atoms with Crippen molar-refractivity contribution in [1.29, 1.82) is 0 Å². The molecule has 0 spiro atoms. The Labute approximate surface area is 193 Å². The van der Waals surface area contributed by atoms with Gasteiger partial charge in [-0.25, -0.2) is 12.8 Å². The Hall–Kier alpha value is -2.62. The first-order valence-electron chi connectivity index (χ1n) is 10.8. The van der Waals surface area contributed by atoms with Gasteiger partial charge in [0.2, 0.25) is 0 Å². The van der Waals surface area contributed by atoms with Crippen molar-refractivity contribution in [2.24, 2.45) is 0 Å². The van der Waals surface area contributed by atoms with E-state index in [2.05, 4.69) is 0 Å². The standard InChI is InChI=1S/C24H26BFO6S/c1-16(11-17-8-9-21(27)20(26)12-17)7-10-22-24-18(14-31-19-5-3-2-4-6-19)15-33(29,30)23(24)13-25(28)32-22/h2-6,8-9,11-12,22-23,27-28H,7,10,13-15H2,1H3/b16-11+/t22-,23+/m1/s1. The van der Waals surface area contributed by atoms with E-state index in [0.29, 0.717) is 35.3 Å². The summed E-state index contributed by atoms with van der Waals surface area (Å²) in [5, 5.41) is 18.8. The van der Waals surface area contributed by atoms with Crippen molar-refractivity contribution in [1.82, 2.24) is 0 Å². The van der Waals surface area contributed by atoms with E-state index in [9.17, 15) is 22.9 Å². The molecule has 2 aromatic carbocycles. The van der Waals surface area contributed by atoms with Crippen molar-refractivity contribution >= 4 is 23.0 Å². The van der Waals surface area contributed by atoms with Gasteiger partial charge >= 0.3 is 7.12 Å². The molecule has 2 aliphatic heterocycles. The minimum atomic E-state index is -3.44. The van der Waals surface area contributed by atoms with E-state index in [1.54, 1.807) is 12.1 Å². The van der Waals surface area contributed by atoms with Crippen molar-refractivity contribution in [3.05, 3.63) is 76.6 Å². The monoisotopic (exact) mass is 472 g/mol. The van der Waals surface area contributed by atoms with Crippen LogP contribution in [0, 0.1) is 5.82 Å². The van der Waals surface area contributed by atoms with Gasteiger partial charge in [-0.1, -0.05) is 35.9 Å². The van der Waals surface area contributed by atoms with Crippen LogP contribution in [0.2, 0.25) is 6.32 Å².